The van der Waals surface area contributed by atoms with Crippen LogP contribution in [0.5, 0.6) is 0 Å². The fourth-order valence-corrected chi connectivity index (χ4v) is 5.15. The summed E-state index contributed by atoms with van der Waals surface area (Å²) in [5.41, 5.74) is 1.85. The minimum atomic E-state index is -0.0273. The fraction of sp³-hybridized carbons (Fsp3) is 0.619. The van der Waals surface area contributed by atoms with Gasteiger partial charge in [-0.1, -0.05) is 20.3 Å². The summed E-state index contributed by atoms with van der Waals surface area (Å²) in [6.07, 6.45) is 8.75. The van der Waals surface area contributed by atoms with E-state index in [4.69, 9.17) is 4.98 Å². The summed E-state index contributed by atoms with van der Waals surface area (Å²) in [6.45, 7) is 2.22. The summed E-state index contributed by atoms with van der Waals surface area (Å²) in [6, 6.07) is 6.50. The van der Waals surface area contributed by atoms with Gasteiger partial charge in [-0.25, -0.2) is 4.98 Å². The van der Waals surface area contributed by atoms with Crippen molar-refractivity contribution in [3.8, 4) is 0 Å². The number of fused-ring (bicyclic) bond motifs is 1. The maximum Gasteiger partial charge on any atom is 0.258 e. The third kappa shape index (κ3) is 5.26. The number of hydrogen-bond donors (Lipinski definition) is 3. The number of benzene rings is 1. The number of hydrogen-bond acceptors (Lipinski definition) is 5. The van der Waals surface area contributed by atoms with E-state index in [-0.39, 0.29) is 13.0 Å². The van der Waals surface area contributed by atoms with Crippen molar-refractivity contribution in [1.82, 2.24) is 15.3 Å². The second kappa shape index (κ2) is 9.60. The monoisotopic (exact) mass is 388 g/mol. The Morgan fingerprint density at radius 1 is 1.11 bits per heavy atom. The predicted octanol–water partition coefficient (Wildman–Crippen LogP) is 4.29. The molecule has 1 aromatic carbocycles. The molecule has 1 aromatic heterocycles. The van der Waals surface area contributed by atoms with Gasteiger partial charge in [0.1, 0.15) is 5.82 Å². The Morgan fingerprint density at radius 2 is 1.96 bits per heavy atom. The molecule has 2 aromatic rings. The largest absolute Gasteiger partial charge is 0.382 e. The molecule has 2 heterocycles. The van der Waals surface area contributed by atoms with Crippen molar-refractivity contribution in [2.75, 3.05) is 18.4 Å². The lowest BCUT2D eigenvalue weighted by Crippen LogP contribution is -2.16. The zero-order valence-corrected chi connectivity index (χ0v) is 16.0. The van der Waals surface area contributed by atoms with Crippen LogP contribution in [0.4, 0.5) is 5.69 Å². The number of anilines is 1. The molecule has 5 nitrogen and oxygen atoms in total. The van der Waals surface area contributed by atoms with Gasteiger partial charge >= 0.3 is 0 Å². The molecule has 0 spiro atoms. The molecule has 4 rings (SSSR count). The molecule has 148 valence electrons. The van der Waals surface area contributed by atoms with Crippen LogP contribution in [-0.2, 0) is 5.75 Å². The van der Waals surface area contributed by atoms with Gasteiger partial charge < -0.3 is 15.6 Å². The van der Waals surface area contributed by atoms with Crippen LogP contribution in [0.2, 0.25) is 0 Å². The Bertz CT molecular complexity index is 792. The van der Waals surface area contributed by atoms with Crippen molar-refractivity contribution < 1.29 is 0 Å². The number of nitrogens with zero attached hydrogens (tertiary/aromatic N) is 1. The third-order valence-corrected chi connectivity index (χ3v) is 6.84. The highest BCUT2D eigenvalue weighted by Gasteiger charge is 2.16. The van der Waals surface area contributed by atoms with E-state index in [1.54, 1.807) is 0 Å². The molecule has 1 saturated carbocycles. The summed E-state index contributed by atoms with van der Waals surface area (Å²) < 4.78 is 0. The lowest BCUT2D eigenvalue weighted by atomic mass is 10.2. The molecule has 6 heteroatoms. The Hall–Kier alpha value is -1.53. The standard InChI is InChI=1S/C20H28N4OS.CH4/c25-20-17-8-7-15(22-14-4-1-2-5-14)12-18(17)23-19(24-20)13-26-16-6-3-10-21-11-9-16;/h7-8,12,14,16,21-22H,1-6,9-11,13H2,(H,23,24,25);1H4. The number of thioether (sulfide) groups is 1. The first-order valence-electron chi connectivity index (χ1n) is 9.90. The van der Waals surface area contributed by atoms with Gasteiger partial charge in [0, 0.05) is 17.0 Å². The van der Waals surface area contributed by atoms with Crippen molar-refractivity contribution in [2.45, 2.75) is 69.4 Å². The second-order valence-electron chi connectivity index (χ2n) is 7.48. The second-order valence-corrected chi connectivity index (χ2v) is 8.77. The van der Waals surface area contributed by atoms with Crippen molar-refractivity contribution >= 4 is 28.4 Å². The minimum Gasteiger partial charge on any atom is -0.382 e. The van der Waals surface area contributed by atoms with Gasteiger partial charge in [0.15, 0.2) is 0 Å². The number of aromatic amines is 1. The van der Waals surface area contributed by atoms with Crippen molar-refractivity contribution in [3.05, 3.63) is 34.4 Å². The van der Waals surface area contributed by atoms with E-state index >= 15 is 0 Å². The molecule has 1 aliphatic heterocycles. The van der Waals surface area contributed by atoms with Crippen LogP contribution in [0.3, 0.4) is 0 Å². The molecule has 1 unspecified atom stereocenters. The van der Waals surface area contributed by atoms with E-state index in [1.165, 1.54) is 44.9 Å². The van der Waals surface area contributed by atoms with E-state index in [0.717, 1.165) is 35.9 Å². The number of nitrogens with one attached hydrogen (secondary N) is 3. The highest BCUT2D eigenvalue weighted by molar-refractivity contribution is 7.99. The predicted molar refractivity (Wildman–Crippen MR) is 117 cm³/mol. The zero-order chi connectivity index (χ0) is 17.8. The summed E-state index contributed by atoms with van der Waals surface area (Å²) in [5, 5.41) is 8.38. The average Bonchev–Trinajstić information content (AvgIpc) is 3.00. The van der Waals surface area contributed by atoms with E-state index in [9.17, 15) is 4.79 Å². The summed E-state index contributed by atoms with van der Waals surface area (Å²) >= 11 is 1.92. The Labute approximate surface area is 166 Å². The lowest BCUT2D eigenvalue weighted by Gasteiger charge is -2.14. The van der Waals surface area contributed by atoms with Crippen LogP contribution in [0.1, 0.15) is 58.2 Å². The molecule has 0 amide bonds. The molecule has 27 heavy (non-hydrogen) atoms. The first-order chi connectivity index (χ1) is 12.8. The Balaban J connectivity index is 0.00000210. The van der Waals surface area contributed by atoms with Gasteiger partial charge in [0.2, 0.25) is 0 Å². The molecular weight excluding hydrogens is 356 g/mol. The van der Waals surface area contributed by atoms with E-state index in [2.05, 4.69) is 15.6 Å². The van der Waals surface area contributed by atoms with Gasteiger partial charge in [-0.3, -0.25) is 4.79 Å². The topological polar surface area (TPSA) is 69.8 Å². The van der Waals surface area contributed by atoms with Crippen LogP contribution < -0.4 is 16.2 Å². The van der Waals surface area contributed by atoms with Crippen LogP contribution in [0, 0.1) is 0 Å². The first-order valence-corrected chi connectivity index (χ1v) is 10.9. The van der Waals surface area contributed by atoms with Gasteiger partial charge in [0.05, 0.1) is 16.7 Å². The van der Waals surface area contributed by atoms with Gasteiger partial charge in [-0.2, -0.15) is 11.8 Å². The van der Waals surface area contributed by atoms with E-state index < -0.39 is 0 Å². The smallest absolute Gasteiger partial charge is 0.258 e. The quantitative estimate of drug-likeness (QED) is 0.713. The molecule has 3 N–H and O–H groups in total. The van der Waals surface area contributed by atoms with Gasteiger partial charge in [-0.05, 0) is 63.4 Å². The van der Waals surface area contributed by atoms with Gasteiger partial charge in [-0.15, -0.1) is 0 Å². The lowest BCUT2D eigenvalue weighted by molar-refractivity contribution is 0.703. The molecule has 1 saturated heterocycles. The van der Waals surface area contributed by atoms with Gasteiger partial charge in [0.25, 0.3) is 5.56 Å². The van der Waals surface area contributed by atoms with Crippen molar-refractivity contribution in [3.63, 3.8) is 0 Å². The molecule has 0 bridgehead atoms. The molecule has 2 fully saturated rings. The van der Waals surface area contributed by atoms with E-state index in [0.29, 0.717) is 16.7 Å². The van der Waals surface area contributed by atoms with Crippen LogP contribution in [-0.4, -0.2) is 34.3 Å². The zero-order valence-electron chi connectivity index (χ0n) is 15.2. The fourth-order valence-electron chi connectivity index (χ4n) is 4.00. The highest BCUT2D eigenvalue weighted by atomic mass is 32.2. The normalized spacial score (nSPS) is 21.0. The SMILES string of the molecule is C.O=c1[nH]c(CSC2CCCNCC2)nc2cc(NC3CCCC3)ccc12. The number of H-pyrrole nitrogens is 1. The Kier molecular flexibility index (Phi) is 7.19. The maximum atomic E-state index is 12.4. The number of aromatic nitrogens is 2. The minimum absolute atomic E-state index is 0. The third-order valence-electron chi connectivity index (χ3n) is 5.46. The highest BCUT2D eigenvalue weighted by Crippen LogP contribution is 2.26. The summed E-state index contributed by atoms with van der Waals surface area (Å²) in [5.74, 6) is 1.57. The average molecular weight is 389 g/mol. The first kappa shape index (κ1) is 20.2. The molecule has 1 atom stereocenters. The van der Waals surface area contributed by atoms with Crippen LogP contribution >= 0.6 is 11.8 Å². The van der Waals surface area contributed by atoms with Crippen LogP contribution in [0.15, 0.2) is 23.0 Å². The van der Waals surface area contributed by atoms with Crippen LogP contribution in [0.25, 0.3) is 10.9 Å². The molecule has 2 aliphatic rings. The molecular formula is C21H32N4OS. The summed E-state index contributed by atoms with van der Waals surface area (Å²) in [4.78, 5) is 20.1. The number of rotatable bonds is 5. The molecule has 1 aliphatic carbocycles. The van der Waals surface area contributed by atoms with Crippen molar-refractivity contribution in [2.24, 2.45) is 0 Å². The summed E-state index contributed by atoms with van der Waals surface area (Å²) in [7, 11) is 0. The van der Waals surface area contributed by atoms with E-state index in [1.807, 2.05) is 30.0 Å². The van der Waals surface area contributed by atoms with Crippen molar-refractivity contribution in [1.29, 1.82) is 0 Å². The Morgan fingerprint density at radius 3 is 2.81 bits per heavy atom. The maximum absolute atomic E-state index is 12.4. The molecule has 0 radical (unpaired) electrons.